The molecule has 0 spiro atoms. The van der Waals surface area contributed by atoms with Gasteiger partial charge in [0.1, 0.15) is 5.82 Å². The second kappa shape index (κ2) is 5.86. The Morgan fingerprint density at radius 1 is 1.13 bits per heavy atom. The minimum Gasteiger partial charge on any atom is -0.369 e. The third-order valence-corrected chi connectivity index (χ3v) is 4.95. The zero-order valence-corrected chi connectivity index (χ0v) is 15.1. The van der Waals surface area contributed by atoms with Crippen LogP contribution in [0.15, 0.2) is 46.9 Å². The SMILES string of the molecule is Clc1ccc(Cl)c(-c2nn(-c3cccc(Br)c3)c3c2CCN3)c1. The summed E-state index contributed by atoms with van der Waals surface area (Å²) in [5.74, 6) is 1.02. The number of hydrogen-bond acceptors (Lipinski definition) is 2. The topological polar surface area (TPSA) is 29.9 Å². The standard InChI is InChI=1S/C17H12BrCl2N3/c18-10-2-1-3-12(8-10)23-17-13(6-7-21-17)16(22-23)14-9-11(19)4-5-15(14)20/h1-5,8-9,21H,6-7H2. The molecule has 0 bridgehead atoms. The lowest BCUT2D eigenvalue weighted by molar-refractivity contribution is 0.882. The molecule has 1 aromatic heterocycles. The van der Waals surface area contributed by atoms with Gasteiger partial charge in [-0.25, -0.2) is 4.68 Å². The third kappa shape index (κ3) is 2.65. The van der Waals surface area contributed by atoms with Gasteiger partial charge in [0.25, 0.3) is 0 Å². The number of halogens is 3. The van der Waals surface area contributed by atoms with Crippen molar-refractivity contribution in [1.82, 2.24) is 9.78 Å². The van der Waals surface area contributed by atoms with E-state index in [-0.39, 0.29) is 0 Å². The first-order valence-corrected chi connectivity index (χ1v) is 8.75. The van der Waals surface area contributed by atoms with Gasteiger partial charge in [-0.1, -0.05) is 45.2 Å². The normalized spacial score (nSPS) is 13.0. The molecule has 0 amide bonds. The highest BCUT2D eigenvalue weighted by atomic mass is 79.9. The van der Waals surface area contributed by atoms with Crippen LogP contribution >= 0.6 is 39.1 Å². The molecular formula is C17H12BrCl2N3. The third-order valence-electron chi connectivity index (χ3n) is 3.89. The Bertz CT molecular complexity index is 905. The van der Waals surface area contributed by atoms with Crippen LogP contribution in [-0.2, 0) is 6.42 Å². The van der Waals surface area contributed by atoms with Gasteiger partial charge >= 0.3 is 0 Å². The van der Waals surface area contributed by atoms with Crippen LogP contribution in [0.5, 0.6) is 0 Å². The molecule has 3 nitrogen and oxygen atoms in total. The number of rotatable bonds is 2. The van der Waals surface area contributed by atoms with Crippen molar-refractivity contribution in [2.24, 2.45) is 0 Å². The van der Waals surface area contributed by atoms with Crippen LogP contribution in [0.2, 0.25) is 10.0 Å². The molecule has 2 heterocycles. The average molecular weight is 409 g/mol. The van der Waals surface area contributed by atoms with Gasteiger partial charge in [0.15, 0.2) is 0 Å². The maximum absolute atomic E-state index is 6.38. The zero-order valence-electron chi connectivity index (χ0n) is 12.0. The lowest BCUT2D eigenvalue weighted by Gasteiger charge is -2.07. The number of nitrogens with zero attached hydrogens (tertiary/aromatic N) is 2. The molecule has 0 unspecified atom stereocenters. The summed E-state index contributed by atoms with van der Waals surface area (Å²) in [4.78, 5) is 0. The summed E-state index contributed by atoms with van der Waals surface area (Å²) in [6, 6.07) is 13.5. The lowest BCUT2D eigenvalue weighted by Crippen LogP contribution is -2.04. The van der Waals surface area contributed by atoms with Crippen LogP contribution in [0, 0.1) is 0 Å². The Morgan fingerprint density at radius 3 is 2.83 bits per heavy atom. The second-order valence-corrected chi connectivity index (χ2v) is 7.13. The van der Waals surface area contributed by atoms with Gasteiger partial charge in [0, 0.05) is 27.2 Å². The fraction of sp³-hybridized carbons (Fsp3) is 0.118. The molecule has 1 N–H and O–H groups in total. The van der Waals surface area contributed by atoms with Gasteiger partial charge in [-0.05, 0) is 42.8 Å². The maximum Gasteiger partial charge on any atom is 0.133 e. The Kier molecular flexibility index (Phi) is 3.84. The molecule has 0 atom stereocenters. The van der Waals surface area contributed by atoms with Crippen molar-refractivity contribution in [2.75, 3.05) is 11.9 Å². The number of anilines is 1. The van der Waals surface area contributed by atoms with Gasteiger partial charge in [-0.3, -0.25) is 0 Å². The molecule has 4 rings (SSSR count). The predicted molar refractivity (Wildman–Crippen MR) is 98.9 cm³/mol. The molecule has 0 saturated heterocycles. The molecule has 1 aliphatic rings. The van der Waals surface area contributed by atoms with Crippen molar-refractivity contribution < 1.29 is 0 Å². The molecule has 116 valence electrons. The minimum atomic E-state index is 0.654. The highest BCUT2D eigenvalue weighted by Gasteiger charge is 2.25. The Balaban J connectivity index is 1.93. The van der Waals surface area contributed by atoms with Crippen LogP contribution in [0.4, 0.5) is 5.82 Å². The van der Waals surface area contributed by atoms with Crippen LogP contribution < -0.4 is 5.32 Å². The molecule has 3 aromatic rings. The first-order chi connectivity index (χ1) is 11.1. The summed E-state index contributed by atoms with van der Waals surface area (Å²) in [6.45, 7) is 0.895. The average Bonchev–Trinajstić information content (AvgIpc) is 3.12. The van der Waals surface area contributed by atoms with Crippen molar-refractivity contribution in [2.45, 2.75) is 6.42 Å². The second-order valence-electron chi connectivity index (χ2n) is 5.37. The Labute approximate surface area is 152 Å². The Hall–Kier alpha value is -1.49. The first-order valence-electron chi connectivity index (χ1n) is 7.20. The van der Waals surface area contributed by atoms with Gasteiger partial charge in [-0.2, -0.15) is 5.10 Å². The summed E-state index contributed by atoms with van der Waals surface area (Å²) in [5, 5.41) is 9.53. The largest absolute Gasteiger partial charge is 0.369 e. The number of aromatic nitrogens is 2. The van der Waals surface area contributed by atoms with E-state index < -0.39 is 0 Å². The summed E-state index contributed by atoms with van der Waals surface area (Å²) >= 11 is 16.0. The monoisotopic (exact) mass is 407 g/mol. The van der Waals surface area contributed by atoms with Crippen molar-refractivity contribution >= 4 is 44.9 Å². The van der Waals surface area contributed by atoms with E-state index in [9.17, 15) is 0 Å². The van der Waals surface area contributed by atoms with Crippen LogP contribution in [0.1, 0.15) is 5.56 Å². The summed E-state index contributed by atoms with van der Waals surface area (Å²) in [5.41, 5.74) is 3.92. The van der Waals surface area contributed by atoms with Crippen LogP contribution in [-0.4, -0.2) is 16.3 Å². The van der Waals surface area contributed by atoms with E-state index in [4.69, 9.17) is 28.3 Å². The zero-order chi connectivity index (χ0) is 16.0. The van der Waals surface area contributed by atoms with E-state index in [1.807, 2.05) is 41.1 Å². The van der Waals surface area contributed by atoms with E-state index in [1.165, 1.54) is 5.56 Å². The van der Waals surface area contributed by atoms with Crippen molar-refractivity contribution in [3.8, 4) is 16.9 Å². The number of nitrogens with one attached hydrogen (secondary N) is 1. The first kappa shape index (κ1) is 15.1. The maximum atomic E-state index is 6.38. The highest BCUT2D eigenvalue weighted by molar-refractivity contribution is 9.10. The number of benzene rings is 2. The minimum absolute atomic E-state index is 0.654. The number of hydrogen-bond donors (Lipinski definition) is 1. The molecule has 0 aliphatic carbocycles. The van der Waals surface area contributed by atoms with E-state index in [0.29, 0.717) is 10.0 Å². The van der Waals surface area contributed by atoms with Gasteiger partial charge in [0.2, 0.25) is 0 Å². The van der Waals surface area contributed by atoms with Crippen molar-refractivity contribution in [1.29, 1.82) is 0 Å². The van der Waals surface area contributed by atoms with E-state index in [2.05, 4.69) is 21.2 Å². The summed E-state index contributed by atoms with van der Waals surface area (Å²) < 4.78 is 2.94. The van der Waals surface area contributed by atoms with E-state index in [0.717, 1.165) is 40.2 Å². The van der Waals surface area contributed by atoms with Crippen LogP contribution in [0.25, 0.3) is 16.9 Å². The van der Waals surface area contributed by atoms with Gasteiger partial charge in [-0.15, -0.1) is 0 Å². The molecule has 1 aliphatic heterocycles. The van der Waals surface area contributed by atoms with E-state index >= 15 is 0 Å². The smallest absolute Gasteiger partial charge is 0.133 e. The summed E-state index contributed by atoms with van der Waals surface area (Å²) in [6.07, 6.45) is 0.918. The van der Waals surface area contributed by atoms with Crippen LogP contribution in [0.3, 0.4) is 0 Å². The molecule has 0 saturated carbocycles. The van der Waals surface area contributed by atoms with E-state index in [1.54, 1.807) is 6.07 Å². The highest BCUT2D eigenvalue weighted by Crippen LogP contribution is 2.38. The van der Waals surface area contributed by atoms with Crippen molar-refractivity contribution in [3.63, 3.8) is 0 Å². The van der Waals surface area contributed by atoms with Gasteiger partial charge < -0.3 is 5.32 Å². The predicted octanol–water partition coefficient (Wildman–Crippen LogP) is 5.58. The quantitative estimate of drug-likeness (QED) is 0.600. The lowest BCUT2D eigenvalue weighted by atomic mass is 10.1. The van der Waals surface area contributed by atoms with Crippen molar-refractivity contribution in [3.05, 3.63) is 62.5 Å². The Morgan fingerprint density at radius 2 is 2.00 bits per heavy atom. The molecular weight excluding hydrogens is 397 g/mol. The molecule has 0 fully saturated rings. The molecule has 2 aromatic carbocycles. The molecule has 6 heteroatoms. The number of fused-ring (bicyclic) bond motifs is 1. The van der Waals surface area contributed by atoms with Gasteiger partial charge in [0.05, 0.1) is 16.4 Å². The molecule has 23 heavy (non-hydrogen) atoms. The fourth-order valence-electron chi connectivity index (χ4n) is 2.86. The fourth-order valence-corrected chi connectivity index (χ4v) is 3.63. The molecule has 0 radical (unpaired) electrons. The summed E-state index contributed by atoms with van der Waals surface area (Å²) in [7, 11) is 0.